The molecule has 0 amide bonds. The summed E-state index contributed by atoms with van der Waals surface area (Å²) in [5.41, 5.74) is 11.7. The number of hydrogen-bond donors (Lipinski definition) is 4. The third-order valence-corrected chi connectivity index (χ3v) is 12.0. The summed E-state index contributed by atoms with van der Waals surface area (Å²) >= 11 is 1.86. The van der Waals surface area contributed by atoms with Crippen molar-refractivity contribution in [1.82, 2.24) is 29.7 Å². The van der Waals surface area contributed by atoms with E-state index >= 15 is 0 Å². The zero-order chi connectivity index (χ0) is 37.1. The van der Waals surface area contributed by atoms with E-state index in [1.165, 1.54) is 0 Å². The van der Waals surface area contributed by atoms with Gasteiger partial charge in [-0.05, 0) is 114 Å². The van der Waals surface area contributed by atoms with E-state index in [0.717, 1.165) is 94.6 Å². The molecule has 0 bridgehead atoms. The van der Waals surface area contributed by atoms with Gasteiger partial charge in [0.1, 0.15) is 11.6 Å². The molecule has 3 saturated heterocycles. The number of fused-ring (bicyclic) bond motifs is 3. The number of imidazole rings is 2. The first-order chi connectivity index (χ1) is 25.3. The van der Waals surface area contributed by atoms with Crippen LogP contribution in [0.15, 0.2) is 65.8 Å². The molecule has 2 aromatic heterocycles. The highest BCUT2D eigenvalue weighted by molar-refractivity contribution is 8.01. The van der Waals surface area contributed by atoms with E-state index in [-0.39, 0.29) is 22.2 Å². The van der Waals surface area contributed by atoms with Gasteiger partial charge in [0.15, 0.2) is 5.96 Å². The number of piperidine rings is 1. The molecule has 11 heteroatoms. The predicted octanol–water partition coefficient (Wildman–Crippen LogP) is 7.67. The first-order valence-electron chi connectivity index (χ1n) is 18.8. The van der Waals surface area contributed by atoms with Crippen LogP contribution in [0.3, 0.4) is 0 Å². The lowest BCUT2D eigenvalue weighted by molar-refractivity contribution is -0.250. The van der Waals surface area contributed by atoms with Gasteiger partial charge in [0.25, 0.3) is 0 Å². The minimum atomic E-state index is -0.891. The Kier molecular flexibility index (Phi) is 9.30. The molecule has 5 aromatic rings. The number of guanidine groups is 1. The van der Waals surface area contributed by atoms with Crippen LogP contribution >= 0.6 is 11.8 Å². The van der Waals surface area contributed by atoms with Crippen molar-refractivity contribution >= 4 is 39.5 Å². The molecule has 8 rings (SSSR count). The summed E-state index contributed by atoms with van der Waals surface area (Å²) in [5.74, 6) is 9.68. The summed E-state index contributed by atoms with van der Waals surface area (Å²) < 4.78 is 5.88. The Morgan fingerprint density at radius 1 is 0.943 bits per heavy atom. The minimum absolute atomic E-state index is 0.0973. The van der Waals surface area contributed by atoms with Gasteiger partial charge in [-0.15, -0.1) is 11.8 Å². The average Bonchev–Trinajstić information content (AvgIpc) is 3.86. The molecular formula is C42H50N8O2S. The second-order valence-corrected chi connectivity index (χ2v) is 17.9. The number of aromatic amines is 2. The van der Waals surface area contributed by atoms with Gasteiger partial charge < -0.3 is 30.4 Å². The molecule has 10 nitrogen and oxygen atoms in total. The van der Waals surface area contributed by atoms with E-state index in [2.05, 4.69) is 101 Å². The monoisotopic (exact) mass is 730 g/mol. The standard InChI is InChI=1S/C42H50N8O2S/c1-41(2,3)48-39(43)49-19-8-10-34(49)36-44-24-33(47-36)29-17-16-27-21-25(13-15-28(27)23-29)11-12-26-14-18-31-32(22-26)46-37(45-31)35-30-9-7-20-50(38(30)53-35)40(51)52-42(4,5)6/h13-18,21-24,30,34-35,38,40,51H,7-10,19-20H2,1-6H3,(H2,43,48)(H,44,47)(H,45,46). The molecule has 0 saturated carbocycles. The molecular weight excluding hydrogens is 681 g/mol. The normalized spacial score (nSPS) is 23.2. The number of thioether (sulfide) groups is 1. The van der Waals surface area contributed by atoms with Crippen molar-refractivity contribution in [3.05, 3.63) is 83.6 Å². The zero-order valence-electron chi connectivity index (χ0n) is 31.5. The molecule has 0 radical (unpaired) electrons. The van der Waals surface area contributed by atoms with Crippen LogP contribution in [0, 0.1) is 17.8 Å². The van der Waals surface area contributed by atoms with Crippen LogP contribution in [0.4, 0.5) is 0 Å². The lowest BCUT2D eigenvalue weighted by atomic mass is 9.92. The molecule has 5 atom stereocenters. The maximum Gasteiger partial charge on any atom is 0.217 e. The van der Waals surface area contributed by atoms with Crippen molar-refractivity contribution in [2.24, 2.45) is 16.6 Å². The molecule has 5 heterocycles. The van der Waals surface area contributed by atoms with Crippen molar-refractivity contribution < 1.29 is 9.84 Å². The lowest BCUT2D eigenvalue weighted by Crippen LogP contribution is -2.56. The van der Waals surface area contributed by atoms with E-state index < -0.39 is 12.0 Å². The number of aliphatic hydroxyl groups excluding tert-OH is 1. The van der Waals surface area contributed by atoms with Gasteiger partial charge in [0.05, 0.1) is 50.7 Å². The summed E-state index contributed by atoms with van der Waals surface area (Å²) in [6.45, 7) is 13.8. The number of H-pyrrole nitrogens is 2. The number of nitrogens with zero attached hydrogens (tertiary/aromatic N) is 5. The van der Waals surface area contributed by atoms with E-state index in [4.69, 9.17) is 25.4 Å². The summed E-state index contributed by atoms with van der Waals surface area (Å²) in [7, 11) is 0. The smallest absolute Gasteiger partial charge is 0.217 e. The number of nitrogens with two attached hydrogens (primary N) is 1. The molecule has 0 aliphatic carbocycles. The second kappa shape index (κ2) is 13.8. The van der Waals surface area contributed by atoms with Crippen molar-refractivity contribution in [2.75, 3.05) is 13.1 Å². The molecule has 3 aliphatic rings. The third kappa shape index (κ3) is 7.56. The average molecular weight is 731 g/mol. The minimum Gasteiger partial charge on any atom is -0.370 e. The molecule has 0 spiro atoms. The van der Waals surface area contributed by atoms with E-state index in [1.807, 2.05) is 44.8 Å². The Hall–Kier alpha value is -4.34. The number of likely N-dealkylation sites (tertiary alicyclic amines) is 2. The molecule has 3 fully saturated rings. The Bertz CT molecular complexity index is 2230. The quantitative estimate of drug-likeness (QED) is 0.0627. The number of rotatable bonds is 5. The van der Waals surface area contributed by atoms with Crippen molar-refractivity contribution in [3.63, 3.8) is 0 Å². The Morgan fingerprint density at radius 3 is 2.47 bits per heavy atom. The number of hydrogen-bond acceptors (Lipinski definition) is 7. The maximum absolute atomic E-state index is 10.8. The van der Waals surface area contributed by atoms with Gasteiger partial charge in [0, 0.05) is 35.7 Å². The SMILES string of the molecule is CC(C)(C)N=C(N)N1CCCC1c1ncc(-c2ccc3cc(C#Cc4ccc5nc(C6SC7C6CCCN7C(O)OC(C)(C)C)[nH]c5c4)ccc3c2)[nH]1. The largest absolute Gasteiger partial charge is 0.370 e. The van der Waals surface area contributed by atoms with Gasteiger partial charge >= 0.3 is 0 Å². The Balaban J connectivity index is 0.941. The molecule has 53 heavy (non-hydrogen) atoms. The number of nitrogens with one attached hydrogen (secondary N) is 2. The van der Waals surface area contributed by atoms with Crippen LogP contribution in [0.5, 0.6) is 0 Å². The fourth-order valence-corrected chi connectivity index (χ4v) is 9.43. The van der Waals surface area contributed by atoms with Gasteiger partial charge in [-0.25, -0.2) is 19.9 Å². The second-order valence-electron chi connectivity index (χ2n) is 16.6. The van der Waals surface area contributed by atoms with Gasteiger partial charge in [-0.2, -0.15) is 0 Å². The van der Waals surface area contributed by atoms with Crippen molar-refractivity contribution in [1.29, 1.82) is 0 Å². The number of aliphatic hydroxyl groups is 1. The first-order valence-corrected chi connectivity index (χ1v) is 19.7. The third-order valence-electron chi connectivity index (χ3n) is 10.2. The highest BCUT2D eigenvalue weighted by Gasteiger charge is 2.51. The van der Waals surface area contributed by atoms with Crippen molar-refractivity contribution in [3.8, 4) is 23.1 Å². The van der Waals surface area contributed by atoms with Crippen molar-refractivity contribution in [2.45, 2.75) is 101 Å². The molecule has 5 unspecified atom stereocenters. The topological polar surface area (TPSA) is 132 Å². The number of aromatic nitrogens is 4. The first kappa shape index (κ1) is 35.7. The molecule has 3 aliphatic heterocycles. The van der Waals surface area contributed by atoms with Gasteiger partial charge in [0.2, 0.25) is 6.41 Å². The van der Waals surface area contributed by atoms with Crippen LogP contribution in [-0.2, 0) is 4.74 Å². The Morgan fingerprint density at radius 2 is 1.68 bits per heavy atom. The molecule has 3 aromatic carbocycles. The summed E-state index contributed by atoms with van der Waals surface area (Å²) in [6.07, 6.45) is 5.24. The summed E-state index contributed by atoms with van der Waals surface area (Å²) in [4.78, 5) is 25.9. The number of ether oxygens (including phenoxy) is 1. The van der Waals surface area contributed by atoms with Gasteiger partial charge in [-0.3, -0.25) is 0 Å². The fraction of sp³-hybridized carbons (Fsp3) is 0.452. The van der Waals surface area contributed by atoms with Crippen LogP contribution in [0.1, 0.15) is 101 Å². The molecule has 276 valence electrons. The summed E-state index contributed by atoms with van der Waals surface area (Å²) in [5, 5.41) is 13.6. The van der Waals surface area contributed by atoms with Crippen LogP contribution < -0.4 is 5.73 Å². The lowest BCUT2D eigenvalue weighted by Gasteiger charge is -2.53. The maximum atomic E-state index is 10.8. The van der Waals surface area contributed by atoms with E-state index in [0.29, 0.717) is 11.9 Å². The number of aliphatic imine (C=N–C) groups is 1. The zero-order valence-corrected chi connectivity index (χ0v) is 32.3. The van der Waals surface area contributed by atoms with Gasteiger partial charge in [-0.1, -0.05) is 30.0 Å². The van der Waals surface area contributed by atoms with Crippen LogP contribution in [0.2, 0.25) is 0 Å². The van der Waals surface area contributed by atoms with Crippen LogP contribution in [0.25, 0.3) is 33.1 Å². The highest BCUT2D eigenvalue weighted by Crippen LogP contribution is 2.58. The highest BCUT2D eigenvalue weighted by atomic mass is 32.2. The van der Waals surface area contributed by atoms with E-state index in [9.17, 15) is 5.11 Å². The summed E-state index contributed by atoms with van der Waals surface area (Å²) in [6, 6.07) is 19.1. The van der Waals surface area contributed by atoms with Crippen LogP contribution in [-0.4, -0.2) is 76.8 Å². The Labute approximate surface area is 316 Å². The van der Waals surface area contributed by atoms with E-state index in [1.54, 1.807) is 0 Å². The molecule has 5 N–H and O–H groups in total. The fourth-order valence-electron chi connectivity index (χ4n) is 7.82. The number of benzene rings is 3. The predicted molar refractivity (Wildman–Crippen MR) is 214 cm³/mol.